The van der Waals surface area contributed by atoms with E-state index in [4.69, 9.17) is 10.5 Å². The maximum absolute atomic E-state index is 6.44. The summed E-state index contributed by atoms with van der Waals surface area (Å²) in [6.07, 6.45) is 3.42. The van der Waals surface area contributed by atoms with Crippen molar-refractivity contribution in [2.24, 2.45) is 11.7 Å². The van der Waals surface area contributed by atoms with Gasteiger partial charge in [0.2, 0.25) is 0 Å². The van der Waals surface area contributed by atoms with Crippen molar-refractivity contribution in [2.75, 3.05) is 13.2 Å². The Hall–Kier alpha value is -0.860. The zero-order chi connectivity index (χ0) is 13.1. The van der Waals surface area contributed by atoms with Gasteiger partial charge in [0.1, 0.15) is 0 Å². The summed E-state index contributed by atoms with van der Waals surface area (Å²) in [4.78, 5) is 0. The first-order valence-electron chi connectivity index (χ1n) is 6.99. The summed E-state index contributed by atoms with van der Waals surface area (Å²) in [5.41, 5.74) is 11.8. The Morgan fingerprint density at radius 2 is 1.72 bits per heavy atom. The Morgan fingerprint density at radius 3 is 2.28 bits per heavy atom. The van der Waals surface area contributed by atoms with E-state index in [0.29, 0.717) is 0 Å². The molecule has 1 aliphatic heterocycles. The van der Waals surface area contributed by atoms with E-state index in [2.05, 4.69) is 32.9 Å². The van der Waals surface area contributed by atoms with Crippen LogP contribution in [0.2, 0.25) is 0 Å². The Kier molecular flexibility index (Phi) is 4.41. The minimum atomic E-state index is 0.175. The first-order valence-corrected chi connectivity index (χ1v) is 6.99. The van der Waals surface area contributed by atoms with Crippen molar-refractivity contribution < 1.29 is 4.74 Å². The molecule has 2 rings (SSSR count). The Morgan fingerprint density at radius 1 is 1.17 bits per heavy atom. The summed E-state index contributed by atoms with van der Waals surface area (Å²) in [6.45, 7) is 8.32. The third-order valence-corrected chi connectivity index (χ3v) is 4.04. The van der Waals surface area contributed by atoms with Crippen LogP contribution in [0, 0.1) is 26.7 Å². The van der Waals surface area contributed by atoms with Gasteiger partial charge in [-0.2, -0.15) is 0 Å². The second-order valence-corrected chi connectivity index (χ2v) is 5.71. The van der Waals surface area contributed by atoms with E-state index >= 15 is 0 Å². The lowest BCUT2D eigenvalue weighted by Gasteiger charge is -2.26. The predicted octanol–water partition coefficient (Wildman–Crippen LogP) is 3.43. The standard InChI is InChI=1S/C16H25NO/c1-11-8-12(2)16(13(3)9-11)15(17)10-14-4-6-18-7-5-14/h8-9,14-15H,4-7,10,17H2,1-3H3. The van der Waals surface area contributed by atoms with Gasteiger partial charge in [0.05, 0.1) is 0 Å². The van der Waals surface area contributed by atoms with E-state index in [1.807, 2.05) is 0 Å². The van der Waals surface area contributed by atoms with E-state index in [-0.39, 0.29) is 6.04 Å². The molecule has 2 nitrogen and oxygen atoms in total. The normalized spacial score (nSPS) is 18.9. The van der Waals surface area contributed by atoms with Crippen LogP contribution in [0.25, 0.3) is 0 Å². The summed E-state index contributed by atoms with van der Waals surface area (Å²) >= 11 is 0. The van der Waals surface area contributed by atoms with Crippen LogP contribution in [0.15, 0.2) is 12.1 Å². The van der Waals surface area contributed by atoms with E-state index in [9.17, 15) is 0 Å². The van der Waals surface area contributed by atoms with Gasteiger partial charge in [-0.1, -0.05) is 17.7 Å². The summed E-state index contributed by atoms with van der Waals surface area (Å²) in [6, 6.07) is 4.66. The lowest BCUT2D eigenvalue weighted by atomic mass is 9.86. The number of rotatable bonds is 3. The first kappa shape index (κ1) is 13.6. The molecular weight excluding hydrogens is 222 g/mol. The van der Waals surface area contributed by atoms with E-state index in [1.165, 1.54) is 22.3 Å². The van der Waals surface area contributed by atoms with Gasteiger partial charge in [-0.05, 0) is 62.6 Å². The van der Waals surface area contributed by atoms with Crippen molar-refractivity contribution in [3.05, 3.63) is 34.4 Å². The molecule has 1 aliphatic rings. The maximum atomic E-state index is 6.44. The molecule has 2 N–H and O–H groups in total. The molecule has 1 atom stereocenters. The topological polar surface area (TPSA) is 35.2 Å². The van der Waals surface area contributed by atoms with Crippen molar-refractivity contribution in [3.8, 4) is 0 Å². The summed E-state index contributed by atoms with van der Waals surface area (Å²) in [7, 11) is 0. The van der Waals surface area contributed by atoms with Crippen LogP contribution in [0.3, 0.4) is 0 Å². The number of benzene rings is 1. The Labute approximate surface area is 111 Å². The van der Waals surface area contributed by atoms with Gasteiger partial charge in [-0.25, -0.2) is 0 Å². The van der Waals surface area contributed by atoms with Crippen molar-refractivity contribution in [1.82, 2.24) is 0 Å². The molecule has 2 heteroatoms. The molecule has 1 unspecified atom stereocenters. The molecule has 0 radical (unpaired) electrons. The lowest BCUT2D eigenvalue weighted by Crippen LogP contribution is -2.22. The smallest absolute Gasteiger partial charge is 0.0468 e. The second-order valence-electron chi connectivity index (χ2n) is 5.71. The van der Waals surface area contributed by atoms with Gasteiger partial charge in [0.25, 0.3) is 0 Å². The molecule has 1 heterocycles. The third kappa shape index (κ3) is 3.12. The first-order chi connectivity index (χ1) is 8.58. The number of hydrogen-bond acceptors (Lipinski definition) is 2. The average molecular weight is 247 g/mol. The minimum absolute atomic E-state index is 0.175. The van der Waals surface area contributed by atoms with Gasteiger partial charge >= 0.3 is 0 Å². The molecule has 0 bridgehead atoms. The molecule has 0 saturated carbocycles. The number of nitrogens with two attached hydrogens (primary N) is 1. The third-order valence-electron chi connectivity index (χ3n) is 4.04. The monoisotopic (exact) mass is 247 g/mol. The fraction of sp³-hybridized carbons (Fsp3) is 0.625. The van der Waals surface area contributed by atoms with Crippen LogP contribution in [0.5, 0.6) is 0 Å². The highest BCUT2D eigenvalue weighted by molar-refractivity contribution is 5.39. The highest BCUT2D eigenvalue weighted by Crippen LogP contribution is 2.30. The lowest BCUT2D eigenvalue weighted by molar-refractivity contribution is 0.0618. The van der Waals surface area contributed by atoms with Crippen LogP contribution < -0.4 is 5.73 Å². The predicted molar refractivity (Wildman–Crippen MR) is 75.7 cm³/mol. The maximum Gasteiger partial charge on any atom is 0.0468 e. The van der Waals surface area contributed by atoms with E-state index in [1.54, 1.807) is 0 Å². The molecular formula is C16H25NO. The quantitative estimate of drug-likeness (QED) is 0.888. The molecule has 100 valence electrons. The summed E-state index contributed by atoms with van der Waals surface area (Å²) in [5, 5.41) is 0. The fourth-order valence-corrected chi connectivity index (χ4v) is 3.24. The van der Waals surface area contributed by atoms with Crippen LogP contribution in [0.1, 0.15) is 47.6 Å². The molecule has 1 aromatic rings. The Balaban J connectivity index is 2.10. The van der Waals surface area contributed by atoms with Crippen LogP contribution in [0.4, 0.5) is 0 Å². The minimum Gasteiger partial charge on any atom is -0.381 e. The summed E-state index contributed by atoms with van der Waals surface area (Å²) < 4.78 is 5.41. The van der Waals surface area contributed by atoms with Crippen LogP contribution in [-0.4, -0.2) is 13.2 Å². The number of ether oxygens (including phenoxy) is 1. The Bertz CT molecular complexity index is 385. The zero-order valence-electron chi connectivity index (χ0n) is 11.8. The van der Waals surface area contributed by atoms with Gasteiger partial charge in [0.15, 0.2) is 0 Å². The van der Waals surface area contributed by atoms with E-state index < -0.39 is 0 Å². The van der Waals surface area contributed by atoms with Crippen molar-refractivity contribution in [1.29, 1.82) is 0 Å². The second kappa shape index (κ2) is 5.85. The van der Waals surface area contributed by atoms with Gasteiger partial charge < -0.3 is 10.5 Å². The molecule has 0 amide bonds. The van der Waals surface area contributed by atoms with Crippen molar-refractivity contribution >= 4 is 0 Å². The van der Waals surface area contributed by atoms with Gasteiger partial charge in [-0.3, -0.25) is 0 Å². The molecule has 18 heavy (non-hydrogen) atoms. The fourth-order valence-electron chi connectivity index (χ4n) is 3.24. The van der Waals surface area contributed by atoms with Crippen LogP contribution in [-0.2, 0) is 4.74 Å². The number of aryl methyl sites for hydroxylation is 3. The van der Waals surface area contributed by atoms with E-state index in [0.717, 1.165) is 38.4 Å². The van der Waals surface area contributed by atoms with Gasteiger partial charge in [-0.15, -0.1) is 0 Å². The molecule has 1 fully saturated rings. The SMILES string of the molecule is Cc1cc(C)c(C(N)CC2CCOCC2)c(C)c1. The molecule has 0 aromatic heterocycles. The van der Waals surface area contributed by atoms with Gasteiger partial charge in [0, 0.05) is 19.3 Å². The number of hydrogen-bond donors (Lipinski definition) is 1. The van der Waals surface area contributed by atoms with Crippen LogP contribution >= 0.6 is 0 Å². The molecule has 1 saturated heterocycles. The molecule has 0 spiro atoms. The summed E-state index contributed by atoms with van der Waals surface area (Å²) in [5.74, 6) is 0.730. The highest BCUT2D eigenvalue weighted by Gasteiger charge is 2.20. The van der Waals surface area contributed by atoms with Crippen molar-refractivity contribution in [2.45, 2.75) is 46.1 Å². The average Bonchev–Trinajstić information content (AvgIpc) is 2.28. The molecule has 1 aromatic carbocycles. The zero-order valence-corrected chi connectivity index (χ0v) is 11.8. The van der Waals surface area contributed by atoms with Crippen molar-refractivity contribution in [3.63, 3.8) is 0 Å². The largest absolute Gasteiger partial charge is 0.381 e. The molecule has 0 aliphatic carbocycles. The highest BCUT2D eigenvalue weighted by atomic mass is 16.5.